The van der Waals surface area contributed by atoms with Gasteiger partial charge in [0.05, 0.1) is 13.0 Å². The van der Waals surface area contributed by atoms with Crippen LogP contribution in [0.3, 0.4) is 0 Å². The Bertz CT molecular complexity index is 1010. The van der Waals surface area contributed by atoms with Crippen LogP contribution in [0.15, 0.2) is 34.7 Å². The molecule has 8 nitrogen and oxygen atoms in total. The molecule has 2 amide bonds. The molecular formula is C20H26N4O4S2. The van der Waals surface area contributed by atoms with Gasteiger partial charge in [-0.3, -0.25) is 9.59 Å². The standard InChI is InChI=1S/C20H26N4O4S2/c1-15-8-9-21-17(12-15)22-18(25)14-23(2)19(26)13-16-6-7-20(29-16)30(27,28)24-10-4-3-5-11-24/h6-9,12H,3-5,10-11,13-14H2,1-2H3,(H,21,22,25). The molecule has 3 rings (SSSR count). The number of rotatable bonds is 7. The van der Waals surface area contributed by atoms with E-state index in [1.165, 1.54) is 9.21 Å². The van der Waals surface area contributed by atoms with Crippen LogP contribution in [0.1, 0.15) is 29.7 Å². The number of thiophene rings is 1. The monoisotopic (exact) mass is 450 g/mol. The number of sulfonamides is 1. The molecule has 1 saturated heterocycles. The molecule has 0 spiro atoms. The van der Waals surface area contributed by atoms with Gasteiger partial charge in [-0.05, 0) is 49.6 Å². The van der Waals surface area contributed by atoms with Crippen LogP contribution in [0.2, 0.25) is 0 Å². The average Bonchev–Trinajstić information content (AvgIpc) is 3.18. The smallest absolute Gasteiger partial charge is 0.252 e. The number of piperidine rings is 1. The van der Waals surface area contributed by atoms with E-state index in [1.54, 1.807) is 31.4 Å². The second kappa shape index (κ2) is 9.67. The van der Waals surface area contributed by atoms with Gasteiger partial charge in [0.25, 0.3) is 10.0 Å². The van der Waals surface area contributed by atoms with Gasteiger partial charge in [0.15, 0.2) is 0 Å². The molecule has 30 heavy (non-hydrogen) atoms. The second-order valence-corrected chi connectivity index (χ2v) is 10.7. The molecule has 0 unspecified atom stereocenters. The molecule has 1 aliphatic heterocycles. The molecule has 10 heteroatoms. The van der Waals surface area contributed by atoms with Gasteiger partial charge < -0.3 is 10.2 Å². The third kappa shape index (κ3) is 5.65. The largest absolute Gasteiger partial charge is 0.336 e. The summed E-state index contributed by atoms with van der Waals surface area (Å²) in [5.74, 6) is -0.165. The van der Waals surface area contributed by atoms with E-state index in [9.17, 15) is 18.0 Å². The van der Waals surface area contributed by atoms with Gasteiger partial charge in [0.2, 0.25) is 11.8 Å². The number of likely N-dealkylation sites (N-methyl/N-ethyl adjacent to an activating group) is 1. The highest BCUT2D eigenvalue weighted by molar-refractivity contribution is 7.91. The molecule has 0 aromatic carbocycles. The van der Waals surface area contributed by atoms with Gasteiger partial charge in [0, 0.05) is 31.2 Å². The van der Waals surface area contributed by atoms with Crippen LogP contribution in [0.25, 0.3) is 0 Å². The Morgan fingerprint density at radius 1 is 1.20 bits per heavy atom. The number of carbonyl (C=O) groups is 2. The zero-order valence-electron chi connectivity index (χ0n) is 17.1. The van der Waals surface area contributed by atoms with E-state index in [4.69, 9.17) is 0 Å². The summed E-state index contributed by atoms with van der Waals surface area (Å²) in [7, 11) is -1.95. The van der Waals surface area contributed by atoms with Crippen LogP contribution in [0, 0.1) is 6.92 Å². The number of pyridine rings is 1. The van der Waals surface area contributed by atoms with Crippen molar-refractivity contribution in [1.29, 1.82) is 0 Å². The number of hydrogen-bond donors (Lipinski definition) is 1. The summed E-state index contributed by atoms with van der Waals surface area (Å²) in [5, 5.41) is 2.67. The molecule has 0 atom stereocenters. The predicted octanol–water partition coefficient (Wildman–Crippen LogP) is 2.27. The van der Waals surface area contributed by atoms with E-state index >= 15 is 0 Å². The van der Waals surface area contributed by atoms with Crippen LogP contribution in [-0.4, -0.2) is 61.1 Å². The lowest BCUT2D eigenvalue weighted by molar-refractivity contribution is -0.132. The zero-order chi connectivity index (χ0) is 21.7. The van der Waals surface area contributed by atoms with Crippen molar-refractivity contribution in [2.24, 2.45) is 0 Å². The minimum absolute atomic E-state index is 0.0483. The highest BCUT2D eigenvalue weighted by Crippen LogP contribution is 2.27. The Kier molecular flexibility index (Phi) is 7.22. The molecule has 0 bridgehead atoms. The number of anilines is 1. The van der Waals surface area contributed by atoms with Gasteiger partial charge in [0.1, 0.15) is 10.0 Å². The second-order valence-electron chi connectivity index (χ2n) is 7.38. The molecular weight excluding hydrogens is 424 g/mol. The SMILES string of the molecule is Cc1ccnc(NC(=O)CN(C)C(=O)Cc2ccc(S(=O)(=O)N3CCCCC3)s2)c1. The van der Waals surface area contributed by atoms with Crippen molar-refractivity contribution in [1.82, 2.24) is 14.2 Å². The average molecular weight is 451 g/mol. The summed E-state index contributed by atoms with van der Waals surface area (Å²) >= 11 is 1.11. The Hall–Kier alpha value is -2.30. The Balaban J connectivity index is 1.56. The summed E-state index contributed by atoms with van der Waals surface area (Å²) in [6, 6.07) is 6.80. The van der Waals surface area contributed by atoms with Gasteiger partial charge in [-0.2, -0.15) is 4.31 Å². The first-order valence-corrected chi connectivity index (χ1v) is 12.1. The molecule has 2 aromatic rings. The summed E-state index contributed by atoms with van der Waals surface area (Å²) in [6.07, 6.45) is 4.45. The van der Waals surface area contributed by atoms with Crippen LogP contribution in [0.4, 0.5) is 5.82 Å². The minimum atomic E-state index is -3.50. The van der Waals surface area contributed by atoms with E-state index in [2.05, 4.69) is 10.3 Å². The van der Waals surface area contributed by atoms with E-state index in [1.807, 2.05) is 13.0 Å². The van der Waals surface area contributed by atoms with E-state index in [0.717, 1.165) is 36.2 Å². The van der Waals surface area contributed by atoms with Crippen molar-refractivity contribution in [3.8, 4) is 0 Å². The quantitative estimate of drug-likeness (QED) is 0.698. The molecule has 0 saturated carbocycles. The van der Waals surface area contributed by atoms with Crippen molar-refractivity contribution < 1.29 is 18.0 Å². The molecule has 0 radical (unpaired) electrons. The molecule has 2 aromatic heterocycles. The third-order valence-corrected chi connectivity index (χ3v) is 8.31. The maximum atomic E-state index is 12.7. The number of nitrogens with one attached hydrogen (secondary N) is 1. The lowest BCUT2D eigenvalue weighted by Crippen LogP contribution is -2.35. The van der Waals surface area contributed by atoms with Gasteiger partial charge in [-0.25, -0.2) is 13.4 Å². The molecule has 1 N–H and O–H groups in total. The summed E-state index contributed by atoms with van der Waals surface area (Å²) in [5.41, 5.74) is 0.970. The number of aryl methyl sites for hydroxylation is 1. The van der Waals surface area contributed by atoms with E-state index < -0.39 is 10.0 Å². The van der Waals surface area contributed by atoms with Crippen molar-refractivity contribution in [3.05, 3.63) is 40.9 Å². The highest BCUT2D eigenvalue weighted by atomic mass is 32.2. The Morgan fingerprint density at radius 2 is 1.93 bits per heavy atom. The van der Waals surface area contributed by atoms with E-state index in [0.29, 0.717) is 23.8 Å². The van der Waals surface area contributed by atoms with Crippen molar-refractivity contribution >= 4 is 39.0 Å². The van der Waals surface area contributed by atoms with Crippen molar-refractivity contribution in [3.63, 3.8) is 0 Å². The number of hydrogen-bond acceptors (Lipinski definition) is 6. The fourth-order valence-corrected chi connectivity index (χ4v) is 6.22. The zero-order valence-corrected chi connectivity index (χ0v) is 18.8. The topological polar surface area (TPSA) is 99.7 Å². The number of aromatic nitrogens is 1. The van der Waals surface area contributed by atoms with Crippen LogP contribution in [0.5, 0.6) is 0 Å². The number of carbonyl (C=O) groups excluding carboxylic acids is 2. The molecule has 162 valence electrons. The van der Waals surface area contributed by atoms with Crippen molar-refractivity contribution in [2.75, 3.05) is 32.0 Å². The molecule has 1 fully saturated rings. The first kappa shape index (κ1) is 22.4. The fourth-order valence-electron chi connectivity index (χ4n) is 3.20. The lowest BCUT2D eigenvalue weighted by Gasteiger charge is -2.25. The first-order valence-electron chi connectivity index (χ1n) is 9.81. The number of nitrogens with zero attached hydrogens (tertiary/aromatic N) is 3. The molecule has 0 aliphatic carbocycles. The van der Waals surface area contributed by atoms with E-state index in [-0.39, 0.29) is 29.0 Å². The van der Waals surface area contributed by atoms with Gasteiger partial charge in [-0.1, -0.05) is 6.42 Å². The fraction of sp³-hybridized carbons (Fsp3) is 0.450. The summed E-state index contributed by atoms with van der Waals surface area (Å²) in [6.45, 7) is 2.87. The van der Waals surface area contributed by atoms with Gasteiger partial charge in [-0.15, -0.1) is 11.3 Å². The Morgan fingerprint density at radius 3 is 2.63 bits per heavy atom. The van der Waals surface area contributed by atoms with Gasteiger partial charge >= 0.3 is 0 Å². The number of amides is 2. The normalized spacial score (nSPS) is 15.0. The van der Waals surface area contributed by atoms with Crippen LogP contribution >= 0.6 is 11.3 Å². The highest BCUT2D eigenvalue weighted by Gasteiger charge is 2.27. The molecule has 3 heterocycles. The van der Waals surface area contributed by atoms with Crippen LogP contribution < -0.4 is 5.32 Å². The Labute approximate surface area is 181 Å². The maximum Gasteiger partial charge on any atom is 0.252 e. The third-order valence-electron chi connectivity index (χ3n) is 4.86. The first-order chi connectivity index (χ1) is 14.3. The summed E-state index contributed by atoms with van der Waals surface area (Å²) in [4.78, 5) is 30.7. The van der Waals surface area contributed by atoms with Crippen LogP contribution in [-0.2, 0) is 26.0 Å². The predicted molar refractivity (Wildman–Crippen MR) is 116 cm³/mol. The maximum absolute atomic E-state index is 12.7. The lowest BCUT2D eigenvalue weighted by atomic mass is 10.2. The van der Waals surface area contributed by atoms with Crippen molar-refractivity contribution in [2.45, 2.75) is 36.8 Å². The summed E-state index contributed by atoms with van der Waals surface area (Å²) < 4.78 is 27.3. The molecule has 1 aliphatic rings. The minimum Gasteiger partial charge on any atom is -0.336 e.